The van der Waals surface area contributed by atoms with Gasteiger partial charge in [-0.2, -0.15) is 0 Å². The second-order valence-corrected chi connectivity index (χ2v) is 3.06. The van der Waals surface area contributed by atoms with Crippen molar-refractivity contribution in [3.05, 3.63) is 42.0 Å². The zero-order valence-electron chi connectivity index (χ0n) is 7.73. The number of benzene rings is 1. The fourth-order valence-electron chi connectivity index (χ4n) is 1.28. The van der Waals surface area contributed by atoms with E-state index in [-0.39, 0.29) is 5.89 Å². The Morgan fingerprint density at radius 2 is 2.29 bits per heavy atom. The second kappa shape index (κ2) is 3.46. The standard InChI is InChI=1S/C11H9NO2/c1-8-3-2-4-9(5-8)10-7-14-11(6-13)12-10/h2-7H,1H3. The maximum atomic E-state index is 10.4. The van der Waals surface area contributed by atoms with Gasteiger partial charge in [0.2, 0.25) is 6.29 Å². The predicted molar refractivity (Wildman–Crippen MR) is 52.1 cm³/mol. The second-order valence-electron chi connectivity index (χ2n) is 3.06. The van der Waals surface area contributed by atoms with Crippen LogP contribution in [0.25, 0.3) is 11.3 Å². The summed E-state index contributed by atoms with van der Waals surface area (Å²) in [6, 6.07) is 7.87. The summed E-state index contributed by atoms with van der Waals surface area (Å²) in [5.74, 6) is 0.113. The number of aryl methyl sites for hydroxylation is 1. The summed E-state index contributed by atoms with van der Waals surface area (Å²) in [4.78, 5) is 14.4. The molecule has 70 valence electrons. The molecule has 0 atom stereocenters. The van der Waals surface area contributed by atoms with Gasteiger partial charge in [0.25, 0.3) is 5.89 Å². The summed E-state index contributed by atoms with van der Waals surface area (Å²) in [5, 5.41) is 0. The summed E-state index contributed by atoms with van der Waals surface area (Å²) >= 11 is 0. The molecule has 14 heavy (non-hydrogen) atoms. The number of aldehydes is 1. The van der Waals surface area contributed by atoms with Crippen molar-refractivity contribution in [1.82, 2.24) is 4.98 Å². The number of hydrogen-bond acceptors (Lipinski definition) is 3. The van der Waals surface area contributed by atoms with Crippen LogP contribution in [0.1, 0.15) is 16.2 Å². The molecule has 0 N–H and O–H groups in total. The first-order chi connectivity index (χ1) is 6.79. The number of oxazole rings is 1. The lowest BCUT2D eigenvalue weighted by atomic mass is 10.1. The van der Waals surface area contributed by atoms with E-state index in [2.05, 4.69) is 4.98 Å². The van der Waals surface area contributed by atoms with Crippen molar-refractivity contribution in [1.29, 1.82) is 0 Å². The van der Waals surface area contributed by atoms with Gasteiger partial charge in [-0.1, -0.05) is 23.8 Å². The highest BCUT2D eigenvalue weighted by Gasteiger charge is 2.04. The SMILES string of the molecule is Cc1cccc(-c2coc(C=O)n2)c1. The molecule has 0 saturated carbocycles. The van der Waals surface area contributed by atoms with E-state index < -0.39 is 0 Å². The van der Waals surface area contributed by atoms with Crippen LogP contribution in [0.3, 0.4) is 0 Å². The van der Waals surface area contributed by atoms with E-state index >= 15 is 0 Å². The van der Waals surface area contributed by atoms with E-state index in [9.17, 15) is 4.79 Å². The van der Waals surface area contributed by atoms with Crippen molar-refractivity contribution >= 4 is 6.29 Å². The Balaban J connectivity index is 2.43. The van der Waals surface area contributed by atoms with Gasteiger partial charge in [0, 0.05) is 5.56 Å². The van der Waals surface area contributed by atoms with Gasteiger partial charge in [-0.05, 0) is 13.0 Å². The number of nitrogens with zero attached hydrogens (tertiary/aromatic N) is 1. The molecule has 3 heteroatoms. The molecule has 0 aliphatic heterocycles. The summed E-state index contributed by atoms with van der Waals surface area (Å²) in [6.45, 7) is 2.00. The molecular weight excluding hydrogens is 178 g/mol. The molecule has 1 heterocycles. The number of aromatic nitrogens is 1. The fourth-order valence-corrected chi connectivity index (χ4v) is 1.28. The molecule has 0 spiro atoms. The first-order valence-corrected chi connectivity index (χ1v) is 4.27. The number of hydrogen-bond donors (Lipinski definition) is 0. The Morgan fingerprint density at radius 3 is 2.93 bits per heavy atom. The van der Waals surface area contributed by atoms with Crippen LogP contribution in [0.4, 0.5) is 0 Å². The molecule has 1 aromatic carbocycles. The first-order valence-electron chi connectivity index (χ1n) is 4.27. The summed E-state index contributed by atoms with van der Waals surface area (Å²) < 4.78 is 4.93. The van der Waals surface area contributed by atoms with Gasteiger partial charge in [-0.15, -0.1) is 0 Å². The molecule has 0 bridgehead atoms. The zero-order chi connectivity index (χ0) is 9.97. The van der Waals surface area contributed by atoms with E-state index in [0.29, 0.717) is 12.0 Å². The molecule has 0 aliphatic rings. The van der Waals surface area contributed by atoms with Gasteiger partial charge < -0.3 is 4.42 Å². The highest BCUT2D eigenvalue weighted by Crippen LogP contribution is 2.18. The average molecular weight is 187 g/mol. The Labute approximate surface area is 81.4 Å². The van der Waals surface area contributed by atoms with E-state index in [1.54, 1.807) is 0 Å². The highest BCUT2D eigenvalue weighted by atomic mass is 16.3. The van der Waals surface area contributed by atoms with E-state index in [4.69, 9.17) is 4.42 Å². The van der Waals surface area contributed by atoms with Crippen molar-refractivity contribution in [3.8, 4) is 11.3 Å². The molecule has 2 rings (SSSR count). The molecule has 1 aromatic heterocycles. The van der Waals surface area contributed by atoms with Crippen LogP contribution < -0.4 is 0 Å². The van der Waals surface area contributed by atoms with Gasteiger partial charge in [0.1, 0.15) is 12.0 Å². The highest BCUT2D eigenvalue weighted by molar-refractivity contribution is 5.70. The lowest BCUT2D eigenvalue weighted by molar-refractivity contribution is 0.109. The zero-order valence-corrected chi connectivity index (χ0v) is 7.73. The summed E-state index contributed by atoms with van der Waals surface area (Å²) in [6.07, 6.45) is 2.08. The van der Waals surface area contributed by atoms with Gasteiger partial charge in [0.15, 0.2) is 0 Å². The fraction of sp³-hybridized carbons (Fsp3) is 0.0909. The van der Waals surface area contributed by atoms with Gasteiger partial charge >= 0.3 is 0 Å². The minimum atomic E-state index is 0.113. The molecule has 0 radical (unpaired) electrons. The molecule has 0 unspecified atom stereocenters. The van der Waals surface area contributed by atoms with Crippen LogP contribution in [-0.2, 0) is 0 Å². The Morgan fingerprint density at radius 1 is 1.43 bits per heavy atom. The maximum Gasteiger partial charge on any atom is 0.260 e. The molecule has 2 aromatic rings. The molecule has 0 amide bonds. The van der Waals surface area contributed by atoms with E-state index in [0.717, 1.165) is 11.1 Å². The minimum Gasteiger partial charge on any atom is -0.442 e. The quantitative estimate of drug-likeness (QED) is 0.678. The lowest BCUT2D eigenvalue weighted by Crippen LogP contribution is -1.81. The maximum absolute atomic E-state index is 10.4. The van der Waals surface area contributed by atoms with Crippen LogP contribution in [0, 0.1) is 6.92 Å². The third-order valence-electron chi connectivity index (χ3n) is 1.94. The van der Waals surface area contributed by atoms with Gasteiger partial charge in [-0.25, -0.2) is 4.98 Å². The van der Waals surface area contributed by atoms with Crippen LogP contribution in [0.5, 0.6) is 0 Å². The monoisotopic (exact) mass is 187 g/mol. The van der Waals surface area contributed by atoms with Crippen molar-refractivity contribution < 1.29 is 9.21 Å². The van der Waals surface area contributed by atoms with Crippen molar-refractivity contribution in [2.75, 3.05) is 0 Å². The third kappa shape index (κ3) is 1.57. The lowest BCUT2D eigenvalue weighted by Gasteiger charge is -1.96. The van der Waals surface area contributed by atoms with E-state index in [1.807, 2.05) is 31.2 Å². The van der Waals surface area contributed by atoms with Gasteiger partial charge in [0.05, 0.1) is 0 Å². The Bertz CT molecular complexity index is 460. The average Bonchev–Trinajstić information content (AvgIpc) is 2.66. The Hall–Kier alpha value is -1.90. The predicted octanol–water partition coefficient (Wildman–Crippen LogP) is 2.46. The number of carbonyl (C=O) groups is 1. The summed E-state index contributed by atoms with van der Waals surface area (Å²) in [5.41, 5.74) is 2.80. The first kappa shape index (κ1) is 8.69. The largest absolute Gasteiger partial charge is 0.442 e. The van der Waals surface area contributed by atoms with Gasteiger partial charge in [-0.3, -0.25) is 4.79 Å². The molecular formula is C11H9NO2. The summed E-state index contributed by atoms with van der Waals surface area (Å²) in [7, 11) is 0. The van der Waals surface area contributed by atoms with E-state index in [1.165, 1.54) is 6.26 Å². The van der Waals surface area contributed by atoms with Crippen LogP contribution >= 0.6 is 0 Å². The van der Waals surface area contributed by atoms with Crippen molar-refractivity contribution in [3.63, 3.8) is 0 Å². The third-order valence-corrected chi connectivity index (χ3v) is 1.94. The van der Waals surface area contributed by atoms with Crippen LogP contribution in [0.15, 0.2) is 34.9 Å². The van der Waals surface area contributed by atoms with Crippen LogP contribution in [0.2, 0.25) is 0 Å². The normalized spacial score (nSPS) is 10.1. The Kier molecular flexibility index (Phi) is 2.14. The van der Waals surface area contributed by atoms with Crippen molar-refractivity contribution in [2.45, 2.75) is 6.92 Å². The van der Waals surface area contributed by atoms with Crippen molar-refractivity contribution in [2.24, 2.45) is 0 Å². The molecule has 0 fully saturated rings. The smallest absolute Gasteiger partial charge is 0.260 e. The number of rotatable bonds is 2. The molecule has 3 nitrogen and oxygen atoms in total. The number of carbonyl (C=O) groups excluding carboxylic acids is 1. The van der Waals surface area contributed by atoms with Crippen LogP contribution in [-0.4, -0.2) is 11.3 Å². The minimum absolute atomic E-state index is 0.113. The molecule has 0 saturated heterocycles. The topological polar surface area (TPSA) is 43.1 Å². The molecule has 0 aliphatic carbocycles.